The summed E-state index contributed by atoms with van der Waals surface area (Å²) in [6.45, 7) is 0.510. The van der Waals surface area contributed by atoms with Crippen molar-refractivity contribution in [3.05, 3.63) is 65.9 Å². The summed E-state index contributed by atoms with van der Waals surface area (Å²) in [5.74, 6) is -7.21. The second kappa shape index (κ2) is 28.6. The Morgan fingerprint density at radius 2 is 1.26 bits per heavy atom. The van der Waals surface area contributed by atoms with Crippen molar-refractivity contribution in [3.8, 4) is 5.75 Å². The molecule has 1 heterocycles. The third-order valence-electron chi connectivity index (χ3n) is 11.6. The molecule has 26 heteroatoms. The molecule has 6 atom stereocenters. The van der Waals surface area contributed by atoms with E-state index >= 15 is 0 Å². The Morgan fingerprint density at radius 1 is 0.722 bits per heavy atom. The molecule has 0 spiro atoms. The van der Waals surface area contributed by atoms with Crippen LogP contribution in [0.1, 0.15) is 69.4 Å². The first-order chi connectivity index (χ1) is 34.2. The lowest BCUT2D eigenvalue weighted by Crippen LogP contribution is -2.59. The van der Waals surface area contributed by atoms with Gasteiger partial charge in [-0.15, -0.1) is 0 Å². The lowest BCUT2D eigenvalue weighted by Gasteiger charge is -2.26. The van der Waals surface area contributed by atoms with Gasteiger partial charge in [0.2, 0.25) is 47.3 Å². The number of nitrogens with one attached hydrogen (secondary N) is 8. The minimum atomic E-state index is -4.79. The van der Waals surface area contributed by atoms with Gasteiger partial charge in [-0.2, -0.15) is 31.9 Å². The molecule has 4 rings (SSSR count). The van der Waals surface area contributed by atoms with Gasteiger partial charge < -0.3 is 57.2 Å². The quantitative estimate of drug-likeness (QED) is 0.0398. The van der Waals surface area contributed by atoms with Crippen molar-refractivity contribution < 1.29 is 65.4 Å². The number of primary amides is 1. The van der Waals surface area contributed by atoms with Crippen LogP contribution < -0.4 is 47.1 Å². The number of carbonyl (C=O) groups excluding carboxylic acids is 8. The molecule has 2 aromatic carbocycles. The maximum Gasteiger partial charge on any atom is 0.446 e. The average molecular weight is 1060 g/mol. The fourth-order valence-electron chi connectivity index (χ4n) is 8.07. The second-order valence-electron chi connectivity index (χ2n) is 17.2. The fourth-order valence-corrected chi connectivity index (χ4v) is 9.36. The molecule has 12 N–H and O–H groups in total. The number of thioether (sulfide) groups is 2. The van der Waals surface area contributed by atoms with E-state index in [1.165, 1.54) is 54.7 Å². The van der Waals surface area contributed by atoms with Crippen LogP contribution in [0.2, 0.25) is 0 Å². The van der Waals surface area contributed by atoms with Gasteiger partial charge in [-0.1, -0.05) is 56.0 Å². The molecule has 1 saturated carbocycles. The molecule has 394 valence electrons. The smallest absolute Gasteiger partial charge is 0.446 e. The van der Waals surface area contributed by atoms with Crippen LogP contribution in [-0.4, -0.2) is 143 Å². The normalized spacial score (nSPS) is 15.1. The zero-order chi connectivity index (χ0) is 53.0. The van der Waals surface area contributed by atoms with E-state index in [2.05, 4.69) is 46.4 Å². The maximum absolute atomic E-state index is 14.3. The maximum atomic E-state index is 14.3. The highest BCUT2D eigenvalue weighted by atomic mass is 32.3. The molecular formula is C46H63N9O14S3. The van der Waals surface area contributed by atoms with Crippen LogP contribution in [0.5, 0.6) is 5.75 Å². The minimum Gasteiger partial charge on any atom is -0.481 e. The van der Waals surface area contributed by atoms with E-state index in [4.69, 9.17) is 10.3 Å². The number of amides is 8. The van der Waals surface area contributed by atoms with E-state index < -0.39 is 113 Å². The SMILES string of the molecule is CSCCC(NC(=O)C(Cc1ccc(OS(=O)(=O)O)cc1)NC(C)=O)C(=O)NCC(=O)NC(Cc1c[nH]c2ccccc12)C(=O)NC(CCSC)C(=O)NC(CC(=O)O)C(=O)NC(CC1CCCC1)C(N)=O. The number of aromatic amines is 1. The van der Waals surface area contributed by atoms with Gasteiger partial charge in [0.15, 0.2) is 0 Å². The predicted octanol–water partition coefficient (Wildman–Crippen LogP) is 0.226. The largest absolute Gasteiger partial charge is 0.481 e. The van der Waals surface area contributed by atoms with Crippen molar-refractivity contribution in [2.45, 2.75) is 107 Å². The molecule has 0 aliphatic heterocycles. The number of H-pyrrole nitrogens is 1. The highest BCUT2D eigenvalue weighted by Crippen LogP contribution is 2.28. The zero-order valence-corrected chi connectivity index (χ0v) is 42.5. The summed E-state index contributed by atoms with van der Waals surface area (Å²) in [6, 6.07) is 4.56. The number of carbonyl (C=O) groups is 9. The predicted molar refractivity (Wildman–Crippen MR) is 269 cm³/mol. The number of para-hydroxylation sites is 1. The molecule has 0 saturated heterocycles. The summed E-state index contributed by atoms with van der Waals surface area (Å²) in [7, 11) is -4.79. The second-order valence-corrected chi connectivity index (χ2v) is 20.2. The number of benzene rings is 2. The van der Waals surface area contributed by atoms with Crippen molar-refractivity contribution >= 4 is 98.1 Å². The summed E-state index contributed by atoms with van der Waals surface area (Å²) in [4.78, 5) is 122. The Kier molecular flexibility index (Phi) is 23.1. The Hall–Kier alpha value is -6.38. The first-order valence-electron chi connectivity index (χ1n) is 23.0. The number of aromatic nitrogens is 1. The van der Waals surface area contributed by atoms with Gasteiger partial charge in [0.25, 0.3) is 0 Å². The molecule has 1 fully saturated rings. The van der Waals surface area contributed by atoms with E-state index in [1.54, 1.807) is 36.9 Å². The standard InChI is InChI=1S/C46H63N9O14S3/c1-26(56)50-36(21-28-12-14-30(15-13-28)69-72(66,67)68)44(63)52-33(16-18-70-2)42(61)49-25-39(57)51-37(22-29-24-48-32-11-7-6-10-31(29)32)45(64)53-34(17-19-71-3)43(62)55-38(23-40(58)59)46(65)54-35(41(47)60)20-27-8-4-5-9-27/h6-7,10-15,24,27,33-38,48H,4-5,8-9,16-23,25H2,1-3H3,(H2,47,60)(H,49,61)(H,50,56)(H,51,57)(H,52,63)(H,53,64)(H,54,65)(H,55,62)(H,58,59)(H,66,67,68). The molecule has 8 amide bonds. The van der Waals surface area contributed by atoms with Gasteiger partial charge in [-0.05, 0) is 78.5 Å². The number of hydrogen-bond donors (Lipinski definition) is 11. The summed E-state index contributed by atoms with van der Waals surface area (Å²) in [5, 5.41) is 28.3. The van der Waals surface area contributed by atoms with Gasteiger partial charge in [0, 0.05) is 36.9 Å². The third-order valence-corrected chi connectivity index (χ3v) is 13.3. The van der Waals surface area contributed by atoms with Crippen LogP contribution in [0.15, 0.2) is 54.7 Å². The average Bonchev–Trinajstić information content (AvgIpc) is 3.99. The monoisotopic (exact) mass is 1060 g/mol. The Labute approximate surface area is 425 Å². The number of carboxylic acids is 1. The lowest BCUT2D eigenvalue weighted by molar-refractivity contribution is -0.141. The summed E-state index contributed by atoms with van der Waals surface area (Å²) < 4.78 is 35.6. The molecule has 6 unspecified atom stereocenters. The first kappa shape index (κ1) is 58.2. The van der Waals surface area contributed by atoms with E-state index in [9.17, 15) is 56.7 Å². The molecule has 72 heavy (non-hydrogen) atoms. The summed E-state index contributed by atoms with van der Waals surface area (Å²) in [6.07, 6.45) is 8.09. The minimum absolute atomic E-state index is 0.0137. The Balaban J connectivity index is 1.50. The number of rotatable bonds is 30. The Bertz CT molecular complexity index is 2500. The van der Waals surface area contributed by atoms with Crippen molar-refractivity contribution in [2.75, 3.05) is 30.6 Å². The van der Waals surface area contributed by atoms with Crippen LogP contribution in [-0.2, 0) is 66.4 Å². The molecule has 1 aliphatic rings. The molecule has 0 radical (unpaired) electrons. The summed E-state index contributed by atoms with van der Waals surface area (Å²) >= 11 is 2.72. The van der Waals surface area contributed by atoms with E-state index in [0.717, 1.165) is 36.6 Å². The van der Waals surface area contributed by atoms with Crippen LogP contribution in [0.4, 0.5) is 0 Å². The highest BCUT2D eigenvalue weighted by molar-refractivity contribution is 7.98. The molecule has 1 aliphatic carbocycles. The van der Waals surface area contributed by atoms with Gasteiger partial charge >= 0.3 is 16.4 Å². The Morgan fingerprint density at radius 3 is 1.83 bits per heavy atom. The highest BCUT2D eigenvalue weighted by Gasteiger charge is 2.34. The van der Waals surface area contributed by atoms with Gasteiger partial charge in [-0.3, -0.25) is 47.7 Å². The van der Waals surface area contributed by atoms with Crippen molar-refractivity contribution in [2.24, 2.45) is 11.7 Å². The molecule has 1 aromatic heterocycles. The number of aliphatic carboxylic acids is 1. The van der Waals surface area contributed by atoms with E-state index in [1.807, 2.05) is 6.07 Å². The summed E-state index contributed by atoms with van der Waals surface area (Å²) in [5.41, 5.74) is 7.39. The number of hydrogen-bond acceptors (Lipinski definition) is 14. The topological polar surface area (TPSA) is 363 Å². The molecule has 23 nitrogen and oxygen atoms in total. The van der Waals surface area contributed by atoms with Gasteiger partial charge in [0.1, 0.15) is 42.0 Å². The van der Waals surface area contributed by atoms with Crippen LogP contribution in [0, 0.1) is 5.92 Å². The van der Waals surface area contributed by atoms with Crippen molar-refractivity contribution in [1.29, 1.82) is 0 Å². The molecule has 3 aromatic rings. The third kappa shape index (κ3) is 19.7. The fraction of sp³-hybridized carbons (Fsp3) is 0.500. The number of fused-ring (bicyclic) bond motifs is 1. The molecule has 0 bridgehead atoms. The van der Waals surface area contributed by atoms with Crippen molar-refractivity contribution in [1.82, 2.24) is 42.2 Å². The lowest BCUT2D eigenvalue weighted by atomic mass is 9.97. The van der Waals surface area contributed by atoms with E-state index in [-0.39, 0.29) is 43.8 Å². The molecular weight excluding hydrogens is 999 g/mol. The van der Waals surface area contributed by atoms with Crippen LogP contribution in [0.25, 0.3) is 10.9 Å². The first-order valence-corrected chi connectivity index (χ1v) is 27.2. The van der Waals surface area contributed by atoms with Gasteiger partial charge in [0.05, 0.1) is 13.0 Å². The van der Waals surface area contributed by atoms with Crippen molar-refractivity contribution in [3.63, 3.8) is 0 Å². The van der Waals surface area contributed by atoms with Crippen LogP contribution >= 0.6 is 23.5 Å². The zero-order valence-electron chi connectivity index (χ0n) is 40.0. The number of nitrogens with two attached hydrogens (primary N) is 1. The van der Waals surface area contributed by atoms with E-state index in [0.29, 0.717) is 22.6 Å². The van der Waals surface area contributed by atoms with Gasteiger partial charge in [-0.25, -0.2) is 0 Å². The number of carboxylic acid groups (broad SMARTS) is 1. The van der Waals surface area contributed by atoms with Crippen LogP contribution in [0.3, 0.4) is 0 Å².